The summed E-state index contributed by atoms with van der Waals surface area (Å²) < 4.78 is 0. The zero-order chi connectivity index (χ0) is 16.1. The number of anilines is 1. The van der Waals surface area contributed by atoms with E-state index in [0.29, 0.717) is 13.1 Å². The van der Waals surface area contributed by atoms with E-state index in [9.17, 15) is 4.79 Å². The van der Waals surface area contributed by atoms with Gasteiger partial charge in [-0.25, -0.2) is 9.97 Å². The molecule has 1 saturated heterocycles. The van der Waals surface area contributed by atoms with Gasteiger partial charge in [-0.2, -0.15) is 11.8 Å². The predicted molar refractivity (Wildman–Crippen MR) is 93.8 cm³/mol. The minimum atomic E-state index is 0.113. The third-order valence-electron chi connectivity index (χ3n) is 3.89. The van der Waals surface area contributed by atoms with Gasteiger partial charge in [0.15, 0.2) is 0 Å². The number of amides is 1. The molecule has 6 heteroatoms. The molecule has 1 aromatic heterocycles. The zero-order valence-electron chi connectivity index (χ0n) is 13.2. The summed E-state index contributed by atoms with van der Waals surface area (Å²) in [5.74, 6) is 1.78. The van der Waals surface area contributed by atoms with E-state index >= 15 is 0 Å². The molecule has 2 heterocycles. The largest absolute Gasteiger partial charge is 0.337 e. The number of hydrogen-bond acceptors (Lipinski definition) is 5. The average Bonchev–Trinajstić information content (AvgIpc) is 2.62. The lowest BCUT2D eigenvalue weighted by Gasteiger charge is -2.34. The first-order valence-electron chi connectivity index (χ1n) is 7.67. The molecule has 3 rings (SSSR count). The van der Waals surface area contributed by atoms with E-state index in [4.69, 9.17) is 0 Å². The average molecular weight is 328 g/mol. The Labute approximate surface area is 140 Å². The van der Waals surface area contributed by atoms with Crippen molar-refractivity contribution in [2.75, 3.05) is 37.3 Å². The molecule has 0 spiro atoms. The van der Waals surface area contributed by atoms with Gasteiger partial charge >= 0.3 is 0 Å². The van der Waals surface area contributed by atoms with E-state index in [0.717, 1.165) is 30.4 Å². The second-order valence-corrected chi connectivity index (χ2v) is 6.33. The van der Waals surface area contributed by atoms with Crippen molar-refractivity contribution >= 4 is 23.6 Å². The second kappa shape index (κ2) is 7.46. The molecule has 1 fully saturated rings. The monoisotopic (exact) mass is 328 g/mol. The molecule has 2 aromatic rings. The molecule has 120 valence electrons. The van der Waals surface area contributed by atoms with Crippen LogP contribution < -0.4 is 4.90 Å². The van der Waals surface area contributed by atoms with Crippen LogP contribution in [0.3, 0.4) is 0 Å². The van der Waals surface area contributed by atoms with Gasteiger partial charge in [-0.15, -0.1) is 0 Å². The molecule has 1 aliphatic rings. The number of carbonyl (C=O) groups excluding carboxylic acids is 1. The van der Waals surface area contributed by atoms with Crippen molar-refractivity contribution in [3.8, 4) is 0 Å². The quantitative estimate of drug-likeness (QED) is 0.862. The topological polar surface area (TPSA) is 49.3 Å². The number of rotatable bonds is 4. The molecular weight excluding hydrogens is 308 g/mol. The smallest absolute Gasteiger partial charge is 0.253 e. The molecule has 0 N–H and O–H groups in total. The molecule has 1 aliphatic heterocycles. The number of thioether (sulfide) groups is 1. The standard InChI is InChI=1S/C17H20N4OS/c1-23-13-14-4-2-5-15(12-14)16(22)20-8-10-21(11-9-20)17-18-6-3-7-19-17/h2-7,12H,8-11,13H2,1H3. The molecule has 0 unspecified atom stereocenters. The Balaban J connectivity index is 1.63. The molecule has 5 nitrogen and oxygen atoms in total. The maximum atomic E-state index is 12.7. The van der Waals surface area contributed by atoms with Gasteiger partial charge in [0.2, 0.25) is 5.95 Å². The molecule has 0 aliphatic carbocycles. The number of benzene rings is 1. The van der Waals surface area contributed by atoms with Crippen molar-refractivity contribution in [3.05, 3.63) is 53.9 Å². The van der Waals surface area contributed by atoms with Gasteiger partial charge in [0, 0.05) is 49.9 Å². The third kappa shape index (κ3) is 3.82. The maximum Gasteiger partial charge on any atom is 0.253 e. The predicted octanol–water partition coefficient (Wildman–Crippen LogP) is 2.30. The van der Waals surface area contributed by atoms with Crippen molar-refractivity contribution < 1.29 is 4.79 Å². The number of nitrogens with zero attached hydrogens (tertiary/aromatic N) is 4. The molecule has 0 radical (unpaired) electrons. The highest BCUT2D eigenvalue weighted by molar-refractivity contribution is 7.97. The lowest BCUT2D eigenvalue weighted by atomic mass is 10.1. The van der Waals surface area contributed by atoms with E-state index in [1.54, 1.807) is 24.2 Å². The van der Waals surface area contributed by atoms with Crippen molar-refractivity contribution in [3.63, 3.8) is 0 Å². The number of piperazine rings is 1. The summed E-state index contributed by atoms with van der Waals surface area (Å²) in [5.41, 5.74) is 1.97. The van der Waals surface area contributed by atoms with Crippen molar-refractivity contribution in [2.24, 2.45) is 0 Å². The molecule has 0 atom stereocenters. The van der Waals surface area contributed by atoms with Gasteiger partial charge in [0.25, 0.3) is 5.91 Å². The summed E-state index contributed by atoms with van der Waals surface area (Å²) in [6.07, 6.45) is 5.56. The van der Waals surface area contributed by atoms with Crippen LogP contribution in [0.1, 0.15) is 15.9 Å². The third-order valence-corrected chi connectivity index (χ3v) is 4.51. The van der Waals surface area contributed by atoms with E-state index in [-0.39, 0.29) is 5.91 Å². The maximum absolute atomic E-state index is 12.7. The molecule has 0 bridgehead atoms. The van der Waals surface area contributed by atoms with Gasteiger partial charge in [-0.05, 0) is 30.0 Å². The summed E-state index contributed by atoms with van der Waals surface area (Å²) in [5, 5.41) is 0. The fourth-order valence-electron chi connectivity index (χ4n) is 2.71. The van der Waals surface area contributed by atoms with E-state index in [2.05, 4.69) is 27.2 Å². The Bertz CT molecular complexity index is 657. The van der Waals surface area contributed by atoms with Crippen LogP contribution in [0, 0.1) is 0 Å². The van der Waals surface area contributed by atoms with Crippen LogP contribution >= 0.6 is 11.8 Å². The van der Waals surface area contributed by atoms with Gasteiger partial charge in [0.1, 0.15) is 0 Å². The van der Waals surface area contributed by atoms with E-state index < -0.39 is 0 Å². The summed E-state index contributed by atoms with van der Waals surface area (Å²) >= 11 is 1.76. The van der Waals surface area contributed by atoms with Crippen molar-refractivity contribution in [1.29, 1.82) is 0 Å². The second-order valence-electron chi connectivity index (χ2n) is 5.46. The Morgan fingerprint density at radius 3 is 2.57 bits per heavy atom. The first kappa shape index (κ1) is 15.8. The fraction of sp³-hybridized carbons (Fsp3) is 0.353. The Hall–Kier alpha value is -2.08. The van der Waals surface area contributed by atoms with Crippen LogP contribution in [0.25, 0.3) is 0 Å². The summed E-state index contributed by atoms with van der Waals surface area (Å²) in [6, 6.07) is 9.75. The highest BCUT2D eigenvalue weighted by Crippen LogP contribution is 2.15. The lowest BCUT2D eigenvalue weighted by molar-refractivity contribution is 0.0746. The highest BCUT2D eigenvalue weighted by Gasteiger charge is 2.23. The molecular formula is C17H20N4OS. The Morgan fingerprint density at radius 1 is 1.13 bits per heavy atom. The minimum Gasteiger partial charge on any atom is -0.337 e. The first-order chi connectivity index (χ1) is 11.3. The van der Waals surface area contributed by atoms with Crippen LogP contribution in [0.15, 0.2) is 42.7 Å². The molecule has 1 aromatic carbocycles. The van der Waals surface area contributed by atoms with E-state index in [1.165, 1.54) is 5.56 Å². The molecule has 23 heavy (non-hydrogen) atoms. The van der Waals surface area contributed by atoms with Gasteiger partial charge < -0.3 is 9.80 Å². The van der Waals surface area contributed by atoms with E-state index in [1.807, 2.05) is 29.2 Å². The van der Waals surface area contributed by atoms with Crippen molar-refractivity contribution in [1.82, 2.24) is 14.9 Å². The first-order valence-corrected chi connectivity index (χ1v) is 9.06. The van der Waals surface area contributed by atoms with Crippen LogP contribution in [0.5, 0.6) is 0 Å². The Morgan fingerprint density at radius 2 is 1.87 bits per heavy atom. The minimum absolute atomic E-state index is 0.113. The van der Waals surface area contributed by atoms with Gasteiger partial charge in [0.05, 0.1) is 0 Å². The molecule has 0 saturated carbocycles. The lowest BCUT2D eigenvalue weighted by Crippen LogP contribution is -2.49. The Kier molecular flexibility index (Phi) is 5.12. The number of hydrogen-bond donors (Lipinski definition) is 0. The zero-order valence-corrected chi connectivity index (χ0v) is 14.0. The van der Waals surface area contributed by atoms with Crippen LogP contribution in [-0.2, 0) is 5.75 Å². The summed E-state index contributed by atoms with van der Waals surface area (Å²) in [4.78, 5) is 25.2. The van der Waals surface area contributed by atoms with Crippen molar-refractivity contribution in [2.45, 2.75) is 5.75 Å². The normalized spacial score (nSPS) is 14.8. The number of carbonyl (C=O) groups is 1. The van der Waals surface area contributed by atoms with Gasteiger partial charge in [-0.1, -0.05) is 12.1 Å². The van der Waals surface area contributed by atoms with Crippen LogP contribution in [-0.4, -0.2) is 53.2 Å². The van der Waals surface area contributed by atoms with Crippen LogP contribution in [0.4, 0.5) is 5.95 Å². The number of aromatic nitrogens is 2. The highest BCUT2D eigenvalue weighted by atomic mass is 32.2. The van der Waals surface area contributed by atoms with Gasteiger partial charge in [-0.3, -0.25) is 4.79 Å². The summed E-state index contributed by atoms with van der Waals surface area (Å²) in [7, 11) is 0. The fourth-order valence-corrected chi connectivity index (χ4v) is 3.22. The summed E-state index contributed by atoms with van der Waals surface area (Å²) in [6.45, 7) is 2.92. The SMILES string of the molecule is CSCc1cccc(C(=O)N2CCN(c3ncccn3)CC2)c1. The van der Waals surface area contributed by atoms with Crippen LogP contribution in [0.2, 0.25) is 0 Å². The molecule has 1 amide bonds.